The molecule has 0 aromatic heterocycles. The normalized spacial score (nSPS) is 10.2. The number of halogens is 1. The monoisotopic (exact) mass is 378 g/mol. The smallest absolute Gasteiger partial charge is 0.337 e. The molecule has 2 aromatic carbocycles. The standard InChI is InChI=1S/C18H19FN2O2S2/c1-23-17(22)13-6-4-7-15(11-13)21-18(24)20-9-10-25-12-14-5-2-3-8-16(14)19/h2-8,11H,9-10,12H2,1H3,(H2,20,21,24). The summed E-state index contributed by atoms with van der Waals surface area (Å²) in [4.78, 5) is 11.5. The van der Waals surface area contributed by atoms with E-state index in [1.165, 1.54) is 13.2 Å². The van der Waals surface area contributed by atoms with E-state index >= 15 is 0 Å². The number of carbonyl (C=O) groups excluding carboxylic acids is 1. The van der Waals surface area contributed by atoms with Crippen molar-refractivity contribution in [2.45, 2.75) is 5.75 Å². The molecule has 0 saturated heterocycles. The number of thioether (sulfide) groups is 1. The Morgan fingerprint density at radius 1 is 1.24 bits per heavy atom. The van der Waals surface area contributed by atoms with Crippen LogP contribution in [0.3, 0.4) is 0 Å². The minimum Gasteiger partial charge on any atom is -0.465 e. The fraction of sp³-hybridized carbons (Fsp3) is 0.222. The number of anilines is 1. The Kier molecular flexibility index (Phi) is 7.69. The Hall–Kier alpha value is -2.12. The van der Waals surface area contributed by atoms with Gasteiger partial charge in [-0.2, -0.15) is 11.8 Å². The molecule has 2 aromatic rings. The number of carbonyl (C=O) groups is 1. The van der Waals surface area contributed by atoms with E-state index < -0.39 is 5.97 Å². The van der Waals surface area contributed by atoms with Gasteiger partial charge in [-0.3, -0.25) is 0 Å². The van der Waals surface area contributed by atoms with Gasteiger partial charge in [0.2, 0.25) is 0 Å². The molecule has 0 aliphatic carbocycles. The van der Waals surface area contributed by atoms with E-state index in [1.54, 1.807) is 42.1 Å². The number of nitrogens with one attached hydrogen (secondary N) is 2. The van der Waals surface area contributed by atoms with Crippen molar-refractivity contribution < 1.29 is 13.9 Å². The first-order chi connectivity index (χ1) is 12.1. The van der Waals surface area contributed by atoms with Crippen molar-refractivity contribution in [2.24, 2.45) is 0 Å². The number of esters is 1. The second kappa shape index (κ2) is 10.0. The van der Waals surface area contributed by atoms with Crippen LogP contribution in [0.2, 0.25) is 0 Å². The molecule has 0 unspecified atom stereocenters. The van der Waals surface area contributed by atoms with Crippen LogP contribution in [0, 0.1) is 5.82 Å². The van der Waals surface area contributed by atoms with Crippen LogP contribution in [0.25, 0.3) is 0 Å². The molecule has 0 spiro atoms. The van der Waals surface area contributed by atoms with Gasteiger partial charge in [0.15, 0.2) is 5.11 Å². The van der Waals surface area contributed by atoms with E-state index in [2.05, 4.69) is 15.4 Å². The van der Waals surface area contributed by atoms with Gasteiger partial charge in [-0.05, 0) is 42.0 Å². The first kappa shape index (κ1) is 19.2. The van der Waals surface area contributed by atoms with E-state index in [0.717, 1.165) is 5.75 Å². The number of hydrogen-bond donors (Lipinski definition) is 2. The van der Waals surface area contributed by atoms with Crippen molar-refractivity contribution in [2.75, 3.05) is 24.7 Å². The van der Waals surface area contributed by atoms with E-state index in [9.17, 15) is 9.18 Å². The lowest BCUT2D eigenvalue weighted by atomic mass is 10.2. The highest BCUT2D eigenvalue weighted by atomic mass is 32.2. The molecule has 0 aliphatic rings. The molecule has 0 amide bonds. The number of benzene rings is 2. The zero-order valence-corrected chi connectivity index (χ0v) is 15.4. The third kappa shape index (κ3) is 6.36. The molecule has 0 bridgehead atoms. The fourth-order valence-corrected chi connectivity index (χ4v) is 3.12. The fourth-order valence-electron chi connectivity index (χ4n) is 2.05. The summed E-state index contributed by atoms with van der Waals surface area (Å²) < 4.78 is 18.2. The van der Waals surface area contributed by atoms with Crippen molar-refractivity contribution in [3.05, 3.63) is 65.5 Å². The van der Waals surface area contributed by atoms with Crippen molar-refractivity contribution in [3.63, 3.8) is 0 Å². The summed E-state index contributed by atoms with van der Waals surface area (Å²) >= 11 is 6.86. The quantitative estimate of drug-likeness (QED) is 0.434. The van der Waals surface area contributed by atoms with Gasteiger partial charge in [0.25, 0.3) is 0 Å². The number of rotatable bonds is 7. The molecule has 7 heteroatoms. The van der Waals surface area contributed by atoms with Crippen LogP contribution in [-0.4, -0.2) is 30.5 Å². The molecule has 0 atom stereocenters. The highest BCUT2D eigenvalue weighted by molar-refractivity contribution is 7.98. The Morgan fingerprint density at radius 3 is 2.80 bits per heavy atom. The molecule has 4 nitrogen and oxygen atoms in total. The van der Waals surface area contributed by atoms with Crippen molar-refractivity contribution in [1.82, 2.24) is 5.32 Å². The second-order valence-electron chi connectivity index (χ2n) is 5.10. The Labute approximate surface area is 156 Å². The van der Waals surface area contributed by atoms with Crippen LogP contribution in [0.15, 0.2) is 48.5 Å². The Morgan fingerprint density at radius 2 is 2.04 bits per heavy atom. The Balaban J connectivity index is 1.71. The summed E-state index contributed by atoms with van der Waals surface area (Å²) in [7, 11) is 1.34. The molecule has 0 aliphatic heterocycles. The number of ether oxygens (including phenoxy) is 1. The highest BCUT2D eigenvalue weighted by Gasteiger charge is 2.06. The van der Waals surface area contributed by atoms with Crippen LogP contribution < -0.4 is 10.6 Å². The molecule has 25 heavy (non-hydrogen) atoms. The van der Waals surface area contributed by atoms with Crippen LogP contribution in [0.1, 0.15) is 15.9 Å². The zero-order chi connectivity index (χ0) is 18.1. The van der Waals surface area contributed by atoms with Gasteiger partial charge in [-0.25, -0.2) is 9.18 Å². The first-order valence-electron chi connectivity index (χ1n) is 7.64. The predicted octanol–water partition coefficient (Wildman–Crippen LogP) is 3.83. The summed E-state index contributed by atoms with van der Waals surface area (Å²) in [6.07, 6.45) is 0. The van der Waals surface area contributed by atoms with Gasteiger partial charge in [-0.1, -0.05) is 24.3 Å². The maximum atomic E-state index is 13.5. The number of thiocarbonyl (C=S) groups is 1. The average Bonchev–Trinajstić information content (AvgIpc) is 2.62. The van der Waals surface area contributed by atoms with Gasteiger partial charge >= 0.3 is 5.97 Å². The topological polar surface area (TPSA) is 50.4 Å². The van der Waals surface area contributed by atoms with E-state index in [0.29, 0.717) is 34.2 Å². The zero-order valence-electron chi connectivity index (χ0n) is 13.8. The molecule has 0 fully saturated rings. The predicted molar refractivity (Wildman–Crippen MR) is 105 cm³/mol. The molecular formula is C18H19FN2O2S2. The van der Waals surface area contributed by atoms with E-state index in [1.807, 2.05) is 12.1 Å². The van der Waals surface area contributed by atoms with Gasteiger partial charge in [-0.15, -0.1) is 0 Å². The molecule has 2 rings (SSSR count). The summed E-state index contributed by atoms with van der Waals surface area (Å²) in [6.45, 7) is 0.654. The molecule has 0 radical (unpaired) electrons. The SMILES string of the molecule is COC(=O)c1cccc(NC(=S)NCCSCc2ccccc2F)c1. The maximum absolute atomic E-state index is 13.5. The van der Waals surface area contributed by atoms with Gasteiger partial charge < -0.3 is 15.4 Å². The van der Waals surface area contributed by atoms with Gasteiger partial charge in [0.05, 0.1) is 12.7 Å². The van der Waals surface area contributed by atoms with Crippen LogP contribution in [-0.2, 0) is 10.5 Å². The molecular weight excluding hydrogens is 359 g/mol. The van der Waals surface area contributed by atoms with Crippen molar-refractivity contribution in [3.8, 4) is 0 Å². The van der Waals surface area contributed by atoms with Gasteiger partial charge in [0, 0.05) is 23.7 Å². The van der Waals surface area contributed by atoms with Crippen molar-refractivity contribution >= 4 is 40.7 Å². The van der Waals surface area contributed by atoms with Crippen molar-refractivity contribution in [1.29, 1.82) is 0 Å². The molecule has 132 valence electrons. The third-order valence-corrected chi connectivity index (χ3v) is 4.54. The summed E-state index contributed by atoms with van der Waals surface area (Å²) in [6, 6.07) is 13.7. The van der Waals surface area contributed by atoms with Crippen LogP contribution in [0.4, 0.5) is 10.1 Å². The van der Waals surface area contributed by atoms with Crippen LogP contribution >= 0.6 is 24.0 Å². The largest absolute Gasteiger partial charge is 0.465 e. The minimum atomic E-state index is -0.396. The first-order valence-corrected chi connectivity index (χ1v) is 9.21. The number of methoxy groups -OCH3 is 1. The second-order valence-corrected chi connectivity index (χ2v) is 6.61. The summed E-state index contributed by atoms with van der Waals surface area (Å²) in [5.74, 6) is 0.839. The lowest BCUT2D eigenvalue weighted by molar-refractivity contribution is 0.0601. The van der Waals surface area contributed by atoms with Crippen LogP contribution in [0.5, 0.6) is 0 Å². The van der Waals surface area contributed by atoms with Gasteiger partial charge in [0.1, 0.15) is 5.82 Å². The molecule has 0 heterocycles. The highest BCUT2D eigenvalue weighted by Crippen LogP contribution is 2.15. The van der Waals surface area contributed by atoms with E-state index in [-0.39, 0.29) is 5.82 Å². The summed E-state index contributed by atoms with van der Waals surface area (Å²) in [5, 5.41) is 6.57. The Bertz CT molecular complexity index is 741. The minimum absolute atomic E-state index is 0.175. The summed E-state index contributed by atoms with van der Waals surface area (Å²) in [5.41, 5.74) is 1.86. The maximum Gasteiger partial charge on any atom is 0.337 e. The third-order valence-electron chi connectivity index (χ3n) is 3.29. The average molecular weight is 378 g/mol. The molecule has 2 N–H and O–H groups in total. The van der Waals surface area contributed by atoms with E-state index in [4.69, 9.17) is 12.2 Å². The molecule has 0 saturated carbocycles. The number of hydrogen-bond acceptors (Lipinski definition) is 4. The lowest BCUT2D eigenvalue weighted by Gasteiger charge is -2.11. The lowest BCUT2D eigenvalue weighted by Crippen LogP contribution is -2.30.